The first kappa shape index (κ1) is 18.0. The summed E-state index contributed by atoms with van der Waals surface area (Å²) in [4.78, 5) is 0. The zero-order valence-corrected chi connectivity index (χ0v) is 14.9. The summed E-state index contributed by atoms with van der Waals surface area (Å²) in [7, 11) is 0. The quantitative estimate of drug-likeness (QED) is 0.808. The fourth-order valence-corrected chi connectivity index (χ4v) is 3.53. The lowest BCUT2D eigenvalue weighted by Crippen LogP contribution is -2.35. The number of aromatic nitrogens is 2. The van der Waals surface area contributed by atoms with E-state index >= 15 is 0 Å². The average Bonchev–Trinajstić information content (AvgIpc) is 3.16. The molecule has 2 aromatic rings. The molecule has 0 aliphatic carbocycles. The molecule has 1 aromatic carbocycles. The van der Waals surface area contributed by atoms with Crippen LogP contribution < -0.4 is 5.32 Å². The van der Waals surface area contributed by atoms with E-state index in [0.717, 1.165) is 48.6 Å². The van der Waals surface area contributed by atoms with Crippen LogP contribution in [0.5, 0.6) is 0 Å². The summed E-state index contributed by atoms with van der Waals surface area (Å²) in [6.45, 7) is 7.20. The highest BCUT2D eigenvalue weighted by atomic mass is 19.1. The molecule has 3 rings (SSSR count). The van der Waals surface area contributed by atoms with Crippen molar-refractivity contribution in [2.75, 3.05) is 26.4 Å². The minimum Gasteiger partial charge on any atom is -0.396 e. The van der Waals surface area contributed by atoms with Crippen molar-refractivity contribution < 1.29 is 14.2 Å². The van der Waals surface area contributed by atoms with Crippen molar-refractivity contribution in [2.45, 2.75) is 33.2 Å². The Morgan fingerprint density at radius 3 is 2.72 bits per heavy atom. The van der Waals surface area contributed by atoms with Crippen molar-refractivity contribution in [1.29, 1.82) is 0 Å². The molecule has 1 fully saturated rings. The summed E-state index contributed by atoms with van der Waals surface area (Å²) in [6.07, 6.45) is 1.74. The molecule has 1 aliphatic rings. The number of aliphatic hydroxyl groups is 1. The van der Waals surface area contributed by atoms with E-state index in [4.69, 9.17) is 4.74 Å². The highest BCUT2D eigenvalue weighted by Gasteiger charge is 2.34. The molecule has 1 unspecified atom stereocenters. The van der Waals surface area contributed by atoms with Gasteiger partial charge < -0.3 is 15.2 Å². The van der Waals surface area contributed by atoms with Crippen LogP contribution in [0.4, 0.5) is 4.39 Å². The number of hydrogen-bond donors (Lipinski definition) is 2. The van der Waals surface area contributed by atoms with Crippen molar-refractivity contribution in [3.05, 3.63) is 47.0 Å². The molecule has 0 amide bonds. The maximum absolute atomic E-state index is 13.1. The van der Waals surface area contributed by atoms with Crippen molar-refractivity contribution in [1.82, 2.24) is 15.1 Å². The second-order valence-corrected chi connectivity index (χ2v) is 6.92. The topological polar surface area (TPSA) is 59.3 Å². The number of aryl methyl sites for hydroxylation is 1. The van der Waals surface area contributed by atoms with Crippen LogP contribution in [-0.2, 0) is 11.3 Å². The molecule has 0 bridgehead atoms. The third kappa shape index (κ3) is 3.92. The summed E-state index contributed by atoms with van der Waals surface area (Å²) in [5.74, 6) is -0.250. The van der Waals surface area contributed by atoms with Crippen LogP contribution in [0.25, 0.3) is 5.69 Å². The lowest BCUT2D eigenvalue weighted by atomic mass is 9.84. The molecule has 0 radical (unpaired) electrons. The SMILES string of the molecule is Cc1nn(-c2ccc(F)cc2)c(C)c1CNCC1(CCO)CCOC1. The Morgan fingerprint density at radius 1 is 1.32 bits per heavy atom. The summed E-state index contributed by atoms with van der Waals surface area (Å²) < 4.78 is 20.5. The number of halogens is 1. The van der Waals surface area contributed by atoms with Gasteiger partial charge in [-0.15, -0.1) is 0 Å². The maximum atomic E-state index is 13.1. The number of benzene rings is 1. The minimum atomic E-state index is -0.250. The van der Waals surface area contributed by atoms with Crippen molar-refractivity contribution >= 4 is 0 Å². The monoisotopic (exact) mass is 347 g/mol. The Bertz CT molecular complexity index is 706. The van der Waals surface area contributed by atoms with Crippen LogP contribution in [0, 0.1) is 25.1 Å². The highest BCUT2D eigenvalue weighted by Crippen LogP contribution is 2.31. The molecule has 2 N–H and O–H groups in total. The molecule has 2 heterocycles. The van der Waals surface area contributed by atoms with Gasteiger partial charge in [-0.1, -0.05) is 0 Å². The molecule has 136 valence electrons. The zero-order valence-electron chi connectivity index (χ0n) is 14.9. The van der Waals surface area contributed by atoms with Gasteiger partial charge in [0, 0.05) is 43.0 Å². The van der Waals surface area contributed by atoms with Gasteiger partial charge in [-0.05, 0) is 51.0 Å². The fraction of sp³-hybridized carbons (Fsp3) is 0.526. The lowest BCUT2D eigenvalue weighted by Gasteiger charge is -2.26. The molecule has 1 aliphatic heterocycles. The maximum Gasteiger partial charge on any atom is 0.123 e. The van der Waals surface area contributed by atoms with Gasteiger partial charge in [-0.3, -0.25) is 0 Å². The predicted octanol–water partition coefficient (Wildman–Crippen LogP) is 2.51. The Kier molecular flexibility index (Phi) is 5.51. The van der Waals surface area contributed by atoms with Gasteiger partial charge in [0.25, 0.3) is 0 Å². The van der Waals surface area contributed by atoms with Crippen molar-refractivity contribution in [3.8, 4) is 5.69 Å². The summed E-state index contributed by atoms with van der Waals surface area (Å²) in [6, 6.07) is 6.36. The van der Waals surface area contributed by atoms with E-state index in [0.29, 0.717) is 13.2 Å². The molecular formula is C19H26FN3O2. The molecule has 25 heavy (non-hydrogen) atoms. The van der Waals surface area contributed by atoms with Gasteiger partial charge in [0.1, 0.15) is 5.82 Å². The molecule has 6 heteroatoms. The molecule has 5 nitrogen and oxygen atoms in total. The van der Waals surface area contributed by atoms with Crippen LogP contribution in [0.3, 0.4) is 0 Å². The largest absolute Gasteiger partial charge is 0.396 e. The predicted molar refractivity (Wildman–Crippen MR) is 94.3 cm³/mol. The standard InChI is InChI=1S/C19H26FN3O2/c1-14-18(11-21-12-19(7-9-24)8-10-25-13-19)15(2)23(22-14)17-5-3-16(20)4-6-17/h3-6,21,24H,7-13H2,1-2H3. The van der Waals surface area contributed by atoms with Gasteiger partial charge in [0.2, 0.25) is 0 Å². The van der Waals surface area contributed by atoms with Gasteiger partial charge in [-0.25, -0.2) is 9.07 Å². The minimum absolute atomic E-state index is 0.0313. The summed E-state index contributed by atoms with van der Waals surface area (Å²) >= 11 is 0. The van der Waals surface area contributed by atoms with Crippen LogP contribution in [-0.4, -0.2) is 41.3 Å². The van der Waals surface area contributed by atoms with E-state index in [1.807, 2.05) is 18.5 Å². The van der Waals surface area contributed by atoms with Crippen LogP contribution in [0.1, 0.15) is 29.8 Å². The smallest absolute Gasteiger partial charge is 0.123 e. The molecule has 1 aromatic heterocycles. The Labute approximate surface area is 147 Å². The highest BCUT2D eigenvalue weighted by molar-refractivity contribution is 5.37. The van der Waals surface area contributed by atoms with E-state index in [9.17, 15) is 9.50 Å². The second kappa shape index (κ2) is 7.64. The average molecular weight is 347 g/mol. The third-order valence-corrected chi connectivity index (χ3v) is 5.14. The van der Waals surface area contributed by atoms with Gasteiger partial charge in [0.15, 0.2) is 0 Å². The van der Waals surface area contributed by atoms with E-state index < -0.39 is 0 Å². The van der Waals surface area contributed by atoms with Crippen LogP contribution in [0.15, 0.2) is 24.3 Å². The van der Waals surface area contributed by atoms with Crippen molar-refractivity contribution in [2.24, 2.45) is 5.41 Å². The van der Waals surface area contributed by atoms with E-state index in [-0.39, 0.29) is 17.8 Å². The number of ether oxygens (including phenoxy) is 1. The first-order chi connectivity index (χ1) is 12.0. The van der Waals surface area contributed by atoms with E-state index in [1.165, 1.54) is 12.1 Å². The summed E-state index contributed by atoms with van der Waals surface area (Å²) in [5.41, 5.74) is 4.06. The molecule has 1 atom stereocenters. The third-order valence-electron chi connectivity index (χ3n) is 5.14. The Balaban J connectivity index is 1.70. The van der Waals surface area contributed by atoms with E-state index in [1.54, 1.807) is 12.1 Å². The van der Waals surface area contributed by atoms with Crippen molar-refractivity contribution in [3.63, 3.8) is 0 Å². The van der Waals surface area contributed by atoms with Gasteiger partial charge in [0.05, 0.1) is 18.0 Å². The molecule has 1 saturated heterocycles. The second-order valence-electron chi connectivity index (χ2n) is 6.92. The summed E-state index contributed by atoms with van der Waals surface area (Å²) in [5, 5.41) is 17.4. The normalized spacial score (nSPS) is 20.3. The number of hydrogen-bond acceptors (Lipinski definition) is 4. The number of aliphatic hydroxyl groups excluding tert-OH is 1. The Morgan fingerprint density at radius 2 is 2.08 bits per heavy atom. The lowest BCUT2D eigenvalue weighted by molar-refractivity contribution is 0.124. The first-order valence-electron chi connectivity index (χ1n) is 8.75. The van der Waals surface area contributed by atoms with Crippen LogP contribution in [0.2, 0.25) is 0 Å². The Hall–Kier alpha value is -1.76. The number of rotatable bonds is 7. The van der Waals surface area contributed by atoms with E-state index in [2.05, 4.69) is 10.4 Å². The first-order valence-corrected chi connectivity index (χ1v) is 8.75. The number of nitrogens with one attached hydrogen (secondary N) is 1. The van der Waals surface area contributed by atoms with Gasteiger partial charge in [-0.2, -0.15) is 5.10 Å². The van der Waals surface area contributed by atoms with Crippen LogP contribution >= 0.6 is 0 Å². The molecular weight excluding hydrogens is 321 g/mol. The fourth-order valence-electron chi connectivity index (χ4n) is 3.53. The van der Waals surface area contributed by atoms with Gasteiger partial charge >= 0.3 is 0 Å². The molecule has 0 saturated carbocycles. The molecule has 0 spiro atoms. The zero-order chi connectivity index (χ0) is 17.9. The number of nitrogens with zero attached hydrogens (tertiary/aromatic N) is 2.